The molecule has 1 heterocycles. The Hall–Kier alpha value is -2.70. The fraction of sp³-hybridized carbons (Fsp3) is 0.200. The van der Waals surface area contributed by atoms with Crippen LogP contribution in [0.15, 0.2) is 35.1 Å². The first-order chi connectivity index (χ1) is 13.3. The van der Waals surface area contributed by atoms with Crippen molar-refractivity contribution in [2.24, 2.45) is 0 Å². The summed E-state index contributed by atoms with van der Waals surface area (Å²) in [5.74, 6) is -0.715. The number of pyridine rings is 1. The maximum atomic E-state index is 12.7. The quantitative estimate of drug-likeness (QED) is 0.481. The molecule has 1 aromatic heterocycles. The number of nitrogens with two attached hydrogens (primary N) is 1. The van der Waals surface area contributed by atoms with E-state index in [0.29, 0.717) is 16.6 Å². The number of hydrogen-bond acceptors (Lipinski definition) is 4. The fourth-order valence-electron chi connectivity index (χ4n) is 3.18. The smallest absolute Gasteiger partial charge is 0.251 e. The molecule has 0 spiro atoms. The van der Waals surface area contributed by atoms with Crippen molar-refractivity contribution in [2.75, 3.05) is 5.73 Å². The molecule has 0 radical (unpaired) electrons. The lowest BCUT2D eigenvalue weighted by Gasteiger charge is -2.26. The van der Waals surface area contributed by atoms with Gasteiger partial charge in [0.2, 0.25) is 5.43 Å². The third kappa shape index (κ3) is 3.19. The number of aromatic hydroxyl groups is 1. The van der Waals surface area contributed by atoms with Crippen molar-refractivity contribution in [3.63, 3.8) is 0 Å². The van der Waals surface area contributed by atoms with Gasteiger partial charge in [0.1, 0.15) is 0 Å². The van der Waals surface area contributed by atoms with Crippen molar-refractivity contribution >= 4 is 45.7 Å². The number of carbonyl (C=O) groups excluding carboxylic acids is 1. The highest BCUT2D eigenvalue weighted by molar-refractivity contribution is 6.39. The first kappa shape index (κ1) is 18.7. The number of carbonyl (C=O) groups is 1. The summed E-state index contributed by atoms with van der Waals surface area (Å²) in [7, 11) is 0. The van der Waals surface area contributed by atoms with Crippen LogP contribution in [0.25, 0.3) is 22.2 Å². The number of nitrogens with one attached hydrogen (secondary N) is 2. The summed E-state index contributed by atoms with van der Waals surface area (Å²) >= 11 is 12.1. The van der Waals surface area contributed by atoms with E-state index in [4.69, 9.17) is 28.9 Å². The zero-order valence-electron chi connectivity index (χ0n) is 14.7. The maximum absolute atomic E-state index is 12.7. The first-order valence-electron chi connectivity index (χ1n) is 8.80. The molecule has 2 aromatic carbocycles. The van der Waals surface area contributed by atoms with Gasteiger partial charge < -0.3 is 21.1 Å². The fourth-order valence-corrected chi connectivity index (χ4v) is 3.66. The molecule has 0 saturated heterocycles. The van der Waals surface area contributed by atoms with E-state index in [0.717, 1.165) is 19.3 Å². The Bertz CT molecular complexity index is 1150. The highest BCUT2D eigenvalue weighted by Gasteiger charge is 2.21. The van der Waals surface area contributed by atoms with Gasteiger partial charge in [0.05, 0.1) is 32.3 Å². The summed E-state index contributed by atoms with van der Waals surface area (Å²) in [6, 6.07) is 7.97. The van der Waals surface area contributed by atoms with Crippen molar-refractivity contribution in [2.45, 2.75) is 25.3 Å². The van der Waals surface area contributed by atoms with Gasteiger partial charge in [-0.25, -0.2) is 0 Å². The van der Waals surface area contributed by atoms with Crippen molar-refractivity contribution in [1.82, 2.24) is 10.3 Å². The van der Waals surface area contributed by atoms with Gasteiger partial charge >= 0.3 is 0 Å². The van der Waals surface area contributed by atoms with Crippen molar-refractivity contribution < 1.29 is 9.90 Å². The van der Waals surface area contributed by atoms with Gasteiger partial charge in [-0.3, -0.25) is 9.59 Å². The highest BCUT2D eigenvalue weighted by atomic mass is 35.5. The van der Waals surface area contributed by atoms with Crippen LogP contribution < -0.4 is 16.5 Å². The second-order valence-electron chi connectivity index (χ2n) is 6.89. The van der Waals surface area contributed by atoms with Gasteiger partial charge in [-0.05, 0) is 49.6 Å². The number of hydrogen-bond donors (Lipinski definition) is 4. The third-order valence-corrected chi connectivity index (χ3v) is 5.67. The van der Waals surface area contributed by atoms with Crippen LogP contribution in [0.4, 0.5) is 5.69 Å². The van der Waals surface area contributed by atoms with Crippen molar-refractivity contribution in [3.8, 4) is 17.0 Å². The Kier molecular flexibility index (Phi) is 4.69. The molecular formula is C20H17Cl2N3O3. The van der Waals surface area contributed by atoms with Gasteiger partial charge in [-0.15, -0.1) is 0 Å². The lowest BCUT2D eigenvalue weighted by molar-refractivity contribution is 0.0917. The summed E-state index contributed by atoms with van der Waals surface area (Å²) < 4.78 is 0. The van der Waals surface area contributed by atoms with Gasteiger partial charge in [0, 0.05) is 17.2 Å². The van der Waals surface area contributed by atoms with Gasteiger partial charge in [0.15, 0.2) is 5.75 Å². The van der Waals surface area contributed by atoms with Crippen LogP contribution in [0.1, 0.15) is 29.6 Å². The van der Waals surface area contributed by atoms with E-state index in [-0.39, 0.29) is 38.8 Å². The summed E-state index contributed by atoms with van der Waals surface area (Å²) in [5, 5.41) is 14.0. The molecule has 4 rings (SSSR count). The van der Waals surface area contributed by atoms with Crippen LogP contribution >= 0.6 is 23.2 Å². The van der Waals surface area contributed by atoms with E-state index in [2.05, 4.69) is 10.3 Å². The largest absolute Gasteiger partial charge is 0.503 e. The predicted octanol–water partition coefficient (Wildman–Crippen LogP) is 4.07. The number of H-pyrrole nitrogens is 1. The number of anilines is 1. The average molecular weight is 418 g/mol. The molecule has 1 saturated carbocycles. The summed E-state index contributed by atoms with van der Waals surface area (Å²) in [6.07, 6.45) is 3.05. The second kappa shape index (κ2) is 7.04. The van der Waals surface area contributed by atoms with E-state index >= 15 is 0 Å². The number of nitrogen functional groups attached to an aromatic ring is 1. The first-order valence-corrected chi connectivity index (χ1v) is 9.55. The van der Waals surface area contributed by atoms with E-state index in [1.165, 1.54) is 18.2 Å². The Balaban J connectivity index is 1.79. The van der Waals surface area contributed by atoms with E-state index in [1.54, 1.807) is 12.1 Å². The summed E-state index contributed by atoms with van der Waals surface area (Å²) in [5.41, 5.74) is 6.82. The Morgan fingerprint density at radius 1 is 1.18 bits per heavy atom. The monoisotopic (exact) mass is 417 g/mol. The Morgan fingerprint density at radius 3 is 2.46 bits per heavy atom. The number of fused-ring (bicyclic) bond motifs is 1. The lowest BCUT2D eigenvalue weighted by atomic mass is 9.93. The van der Waals surface area contributed by atoms with Gasteiger partial charge in [0.25, 0.3) is 5.91 Å². The minimum Gasteiger partial charge on any atom is -0.503 e. The summed E-state index contributed by atoms with van der Waals surface area (Å²) in [4.78, 5) is 28.1. The minimum absolute atomic E-state index is 0.174. The van der Waals surface area contributed by atoms with E-state index in [9.17, 15) is 14.7 Å². The van der Waals surface area contributed by atoms with Crippen LogP contribution in [-0.2, 0) is 0 Å². The third-order valence-electron chi connectivity index (χ3n) is 5.05. The van der Waals surface area contributed by atoms with Gasteiger partial charge in [-0.2, -0.15) is 0 Å². The Morgan fingerprint density at radius 2 is 1.86 bits per heavy atom. The maximum Gasteiger partial charge on any atom is 0.251 e. The molecule has 144 valence electrons. The number of aromatic nitrogens is 1. The number of aromatic amines is 1. The molecule has 1 aliphatic rings. The number of rotatable bonds is 3. The number of amides is 1. The molecule has 6 nitrogen and oxygen atoms in total. The van der Waals surface area contributed by atoms with Crippen LogP contribution in [0.5, 0.6) is 5.75 Å². The van der Waals surface area contributed by atoms with Crippen LogP contribution in [0, 0.1) is 0 Å². The van der Waals surface area contributed by atoms with Crippen LogP contribution in [0.2, 0.25) is 10.0 Å². The second-order valence-corrected chi connectivity index (χ2v) is 7.71. The molecule has 8 heteroatoms. The van der Waals surface area contributed by atoms with Crippen LogP contribution in [-0.4, -0.2) is 22.0 Å². The molecule has 0 aliphatic heterocycles. The molecule has 0 bridgehead atoms. The zero-order valence-corrected chi connectivity index (χ0v) is 16.2. The van der Waals surface area contributed by atoms with E-state index in [1.807, 2.05) is 0 Å². The zero-order chi connectivity index (χ0) is 20.0. The van der Waals surface area contributed by atoms with E-state index < -0.39 is 11.2 Å². The lowest BCUT2D eigenvalue weighted by Crippen LogP contribution is -2.39. The summed E-state index contributed by atoms with van der Waals surface area (Å²) in [6.45, 7) is 0. The predicted molar refractivity (Wildman–Crippen MR) is 111 cm³/mol. The van der Waals surface area contributed by atoms with Crippen molar-refractivity contribution in [3.05, 3.63) is 56.2 Å². The number of halogens is 2. The molecule has 0 unspecified atom stereocenters. The SMILES string of the molecule is Nc1c(Cl)cc(-c2[nH]c3ccc(C(=O)NC4CCC4)cc3c(=O)c2O)cc1Cl. The normalized spacial score (nSPS) is 14.1. The molecule has 3 aromatic rings. The standard InChI is InChI=1S/C20H17Cl2N3O3/c21-13-7-10(8-14(22)16(13)23)17-19(27)18(26)12-6-9(4-5-15(12)25-17)20(28)24-11-2-1-3-11/h4-8,11,27H,1-3,23H2,(H,24,28)(H,25,26). The highest BCUT2D eigenvalue weighted by Crippen LogP contribution is 2.35. The topological polar surface area (TPSA) is 108 Å². The molecule has 5 N–H and O–H groups in total. The Labute approximate surface area is 170 Å². The van der Waals surface area contributed by atoms with Gasteiger partial charge in [-0.1, -0.05) is 23.2 Å². The minimum atomic E-state index is -0.592. The molecule has 1 fully saturated rings. The van der Waals surface area contributed by atoms with Crippen molar-refractivity contribution in [1.29, 1.82) is 0 Å². The molecular weight excluding hydrogens is 401 g/mol. The molecule has 1 amide bonds. The molecule has 1 aliphatic carbocycles. The van der Waals surface area contributed by atoms with Crippen LogP contribution in [0.3, 0.4) is 0 Å². The number of benzene rings is 2. The average Bonchev–Trinajstić information content (AvgIpc) is 2.64. The molecule has 28 heavy (non-hydrogen) atoms. The molecule has 0 atom stereocenters.